The highest BCUT2D eigenvalue weighted by atomic mass is 32.2. The van der Waals surface area contributed by atoms with Crippen molar-refractivity contribution in [2.75, 3.05) is 38.5 Å². The van der Waals surface area contributed by atoms with Gasteiger partial charge in [0.1, 0.15) is 0 Å². The molecule has 0 saturated carbocycles. The minimum atomic E-state index is -0.321. The van der Waals surface area contributed by atoms with Gasteiger partial charge in [0.15, 0.2) is 16.7 Å². The van der Waals surface area contributed by atoms with Gasteiger partial charge in [0.05, 0.1) is 18.6 Å². The Hall–Kier alpha value is -2.49. The molecule has 2 aromatic rings. The first-order chi connectivity index (χ1) is 12.6. The van der Waals surface area contributed by atoms with Crippen molar-refractivity contribution >= 4 is 23.8 Å². The molecule has 2 amide bonds. The maximum Gasteiger partial charge on any atom is 0.409 e. The number of carbonyl (C=O) groups is 2. The van der Waals surface area contributed by atoms with Crippen LogP contribution in [0.15, 0.2) is 28.0 Å². The third-order valence-electron chi connectivity index (χ3n) is 4.06. The number of rotatable bonds is 5. The van der Waals surface area contributed by atoms with E-state index < -0.39 is 0 Å². The Labute approximate surface area is 155 Å². The Morgan fingerprint density at radius 3 is 2.62 bits per heavy atom. The van der Waals surface area contributed by atoms with Crippen LogP contribution < -0.4 is 0 Å². The summed E-state index contributed by atoms with van der Waals surface area (Å²) in [6.07, 6.45) is 1.26. The zero-order valence-electron chi connectivity index (χ0n) is 14.8. The van der Waals surface area contributed by atoms with E-state index in [0.29, 0.717) is 49.5 Å². The van der Waals surface area contributed by atoms with Crippen LogP contribution in [0, 0.1) is 0 Å². The van der Waals surface area contributed by atoms with Gasteiger partial charge in [0.2, 0.25) is 5.91 Å². The van der Waals surface area contributed by atoms with Crippen molar-refractivity contribution in [1.29, 1.82) is 0 Å². The summed E-state index contributed by atoms with van der Waals surface area (Å²) in [6.45, 7) is 4.12. The van der Waals surface area contributed by atoms with Crippen molar-refractivity contribution in [2.24, 2.45) is 7.05 Å². The molecule has 3 heterocycles. The van der Waals surface area contributed by atoms with Crippen molar-refractivity contribution in [3.63, 3.8) is 0 Å². The Kier molecular flexibility index (Phi) is 5.82. The molecule has 0 radical (unpaired) electrons. The van der Waals surface area contributed by atoms with Crippen LogP contribution >= 0.6 is 11.8 Å². The molecule has 1 saturated heterocycles. The van der Waals surface area contributed by atoms with E-state index in [1.54, 1.807) is 33.6 Å². The predicted octanol–water partition coefficient (Wildman–Crippen LogP) is 1.47. The summed E-state index contributed by atoms with van der Waals surface area (Å²) in [5.74, 6) is 1.53. The van der Waals surface area contributed by atoms with Crippen LogP contribution in [0.5, 0.6) is 0 Å². The molecule has 3 rings (SSSR count). The normalized spacial score (nSPS) is 14.5. The van der Waals surface area contributed by atoms with Crippen molar-refractivity contribution in [3.05, 3.63) is 18.4 Å². The van der Waals surface area contributed by atoms with Crippen LogP contribution in [0.25, 0.3) is 11.6 Å². The molecule has 1 aliphatic heterocycles. The number of hydrogen-bond donors (Lipinski definition) is 0. The van der Waals surface area contributed by atoms with E-state index in [1.165, 1.54) is 11.8 Å². The van der Waals surface area contributed by atoms with Gasteiger partial charge in [-0.05, 0) is 19.1 Å². The summed E-state index contributed by atoms with van der Waals surface area (Å²) >= 11 is 1.33. The van der Waals surface area contributed by atoms with Gasteiger partial charge in [-0.1, -0.05) is 11.8 Å². The van der Waals surface area contributed by atoms with E-state index in [2.05, 4.69) is 10.2 Å². The minimum Gasteiger partial charge on any atom is -0.461 e. The first-order valence-corrected chi connectivity index (χ1v) is 9.34. The molecule has 0 aromatic carbocycles. The third-order valence-corrected chi connectivity index (χ3v) is 5.06. The molecule has 9 nitrogen and oxygen atoms in total. The molecule has 2 aromatic heterocycles. The van der Waals surface area contributed by atoms with Crippen molar-refractivity contribution in [2.45, 2.75) is 12.1 Å². The van der Waals surface area contributed by atoms with E-state index in [0.717, 1.165) is 0 Å². The van der Waals surface area contributed by atoms with Gasteiger partial charge in [-0.2, -0.15) is 0 Å². The van der Waals surface area contributed by atoms with Crippen LogP contribution in [0.4, 0.5) is 4.79 Å². The Balaban J connectivity index is 1.50. The minimum absolute atomic E-state index is 0.0149. The fourth-order valence-electron chi connectivity index (χ4n) is 2.63. The molecule has 140 valence electrons. The van der Waals surface area contributed by atoms with Gasteiger partial charge in [0, 0.05) is 33.2 Å². The lowest BCUT2D eigenvalue weighted by molar-refractivity contribution is -0.129. The number of carbonyl (C=O) groups excluding carboxylic acids is 2. The van der Waals surface area contributed by atoms with Crippen molar-refractivity contribution in [3.8, 4) is 11.6 Å². The molecule has 0 aliphatic carbocycles. The zero-order chi connectivity index (χ0) is 18.5. The van der Waals surface area contributed by atoms with Crippen molar-refractivity contribution in [1.82, 2.24) is 24.6 Å². The van der Waals surface area contributed by atoms with Crippen LogP contribution in [-0.2, 0) is 16.6 Å². The highest BCUT2D eigenvalue weighted by Gasteiger charge is 2.25. The Morgan fingerprint density at radius 2 is 1.96 bits per heavy atom. The number of amides is 2. The molecule has 1 fully saturated rings. The lowest BCUT2D eigenvalue weighted by atomic mass is 10.3. The predicted molar refractivity (Wildman–Crippen MR) is 94.6 cm³/mol. The topological polar surface area (TPSA) is 93.7 Å². The number of aromatic nitrogens is 3. The Bertz CT molecular complexity index is 753. The van der Waals surface area contributed by atoms with Gasteiger partial charge in [-0.3, -0.25) is 4.79 Å². The van der Waals surface area contributed by atoms with Gasteiger partial charge >= 0.3 is 6.09 Å². The second kappa shape index (κ2) is 8.26. The average molecular weight is 379 g/mol. The lowest BCUT2D eigenvalue weighted by Crippen LogP contribution is -2.51. The molecular formula is C16H21N5O4S. The standard InChI is InChI=1S/C16H21N5O4S/c1-3-24-16(23)21-8-6-20(7-9-21)13(22)11-26-15-18-17-14(19(15)2)12-5-4-10-25-12/h4-5,10H,3,6-9,11H2,1-2H3. The van der Waals surface area contributed by atoms with Crippen LogP contribution in [0.2, 0.25) is 0 Å². The summed E-state index contributed by atoms with van der Waals surface area (Å²) in [5, 5.41) is 8.88. The summed E-state index contributed by atoms with van der Waals surface area (Å²) < 4.78 is 12.1. The monoisotopic (exact) mass is 379 g/mol. The maximum atomic E-state index is 12.4. The summed E-state index contributed by atoms with van der Waals surface area (Å²) in [5.41, 5.74) is 0. The third kappa shape index (κ3) is 4.01. The first-order valence-electron chi connectivity index (χ1n) is 8.35. The summed E-state index contributed by atoms with van der Waals surface area (Å²) in [6, 6.07) is 3.60. The fraction of sp³-hybridized carbons (Fsp3) is 0.500. The number of furan rings is 1. The molecule has 1 aliphatic rings. The van der Waals surface area contributed by atoms with Crippen LogP contribution in [0.3, 0.4) is 0 Å². The molecular weight excluding hydrogens is 358 g/mol. The lowest BCUT2D eigenvalue weighted by Gasteiger charge is -2.34. The maximum absolute atomic E-state index is 12.4. The molecule has 26 heavy (non-hydrogen) atoms. The quantitative estimate of drug-likeness (QED) is 0.726. The van der Waals surface area contributed by atoms with E-state index in [9.17, 15) is 9.59 Å². The molecule has 0 spiro atoms. The molecule has 0 N–H and O–H groups in total. The van der Waals surface area contributed by atoms with E-state index in [1.807, 2.05) is 13.1 Å². The highest BCUT2D eigenvalue weighted by molar-refractivity contribution is 7.99. The van der Waals surface area contributed by atoms with Crippen LogP contribution in [0.1, 0.15) is 6.92 Å². The number of piperazine rings is 1. The van der Waals surface area contributed by atoms with Crippen molar-refractivity contribution < 1.29 is 18.7 Å². The van der Waals surface area contributed by atoms with E-state index in [-0.39, 0.29) is 17.8 Å². The van der Waals surface area contributed by atoms with Gasteiger partial charge in [0.25, 0.3) is 0 Å². The average Bonchev–Trinajstić information content (AvgIpc) is 3.30. The largest absolute Gasteiger partial charge is 0.461 e. The zero-order valence-corrected chi connectivity index (χ0v) is 15.6. The highest BCUT2D eigenvalue weighted by Crippen LogP contribution is 2.23. The van der Waals surface area contributed by atoms with Gasteiger partial charge in [-0.25, -0.2) is 4.79 Å². The first kappa shape index (κ1) is 18.3. The number of hydrogen-bond acceptors (Lipinski definition) is 7. The molecule has 0 atom stereocenters. The van der Waals surface area contributed by atoms with Gasteiger partial charge < -0.3 is 23.5 Å². The number of ether oxygens (including phenoxy) is 1. The summed E-state index contributed by atoms with van der Waals surface area (Å²) in [7, 11) is 1.84. The fourth-order valence-corrected chi connectivity index (χ4v) is 3.45. The molecule has 10 heteroatoms. The van der Waals surface area contributed by atoms with Crippen LogP contribution in [-0.4, -0.2) is 75.1 Å². The summed E-state index contributed by atoms with van der Waals surface area (Å²) in [4.78, 5) is 27.5. The smallest absolute Gasteiger partial charge is 0.409 e. The second-order valence-corrected chi connectivity index (χ2v) is 6.64. The molecule has 0 bridgehead atoms. The molecule has 0 unspecified atom stereocenters. The number of thioether (sulfide) groups is 1. The number of nitrogens with zero attached hydrogens (tertiary/aromatic N) is 5. The van der Waals surface area contributed by atoms with E-state index in [4.69, 9.17) is 9.15 Å². The second-order valence-electron chi connectivity index (χ2n) is 5.70. The SMILES string of the molecule is CCOC(=O)N1CCN(C(=O)CSc2nnc(-c3ccco3)n2C)CC1. The van der Waals surface area contributed by atoms with E-state index >= 15 is 0 Å². The Morgan fingerprint density at radius 1 is 1.23 bits per heavy atom. The van der Waals surface area contributed by atoms with Gasteiger partial charge in [-0.15, -0.1) is 10.2 Å².